The second-order valence-corrected chi connectivity index (χ2v) is 5.06. The molecule has 0 saturated carbocycles. The van der Waals surface area contributed by atoms with Crippen molar-refractivity contribution in [3.8, 4) is 0 Å². The number of ether oxygens (including phenoxy) is 1. The molecule has 0 heterocycles. The lowest BCUT2D eigenvalue weighted by Gasteiger charge is -2.26. The van der Waals surface area contributed by atoms with Gasteiger partial charge in [0.2, 0.25) is 0 Å². The predicted molar refractivity (Wildman–Crippen MR) is 66.7 cm³/mol. The van der Waals surface area contributed by atoms with Gasteiger partial charge in [0.25, 0.3) is 0 Å². The molecule has 2 heteroatoms. The van der Waals surface area contributed by atoms with Gasteiger partial charge in [0.1, 0.15) is 5.60 Å². The number of rotatable bonds is 7. The third kappa shape index (κ3) is 8.34. The lowest BCUT2D eigenvalue weighted by atomic mass is 10.1. The van der Waals surface area contributed by atoms with Gasteiger partial charge in [-0.05, 0) is 40.2 Å². The van der Waals surface area contributed by atoms with Gasteiger partial charge in [-0.25, -0.2) is 0 Å². The van der Waals surface area contributed by atoms with Crippen LogP contribution in [0.5, 0.6) is 0 Å². The van der Waals surface area contributed by atoms with Crippen molar-refractivity contribution in [3.05, 3.63) is 12.5 Å². The van der Waals surface area contributed by atoms with E-state index in [1.807, 2.05) is 20.8 Å². The summed E-state index contributed by atoms with van der Waals surface area (Å²) in [4.78, 5) is 0. The summed E-state index contributed by atoms with van der Waals surface area (Å²) in [5.41, 5.74) is -0.160. The van der Waals surface area contributed by atoms with Crippen LogP contribution in [-0.2, 0) is 4.74 Å². The van der Waals surface area contributed by atoms with E-state index in [4.69, 9.17) is 4.74 Å². The van der Waals surface area contributed by atoms with Crippen LogP contribution in [0.4, 0.5) is 0 Å². The Morgan fingerprint density at radius 1 is 1.20 bits per heavy atom. The molecule has 0 atom stereocenters. The van der Waals surface area contributed by atoms with Gasteiger partial charge in [-0.3, -0.25) is 0 Å². The Morgan fingerprint density at radius 2 is 1.67 bits per heavy atom. The minimum Gasteiger partial charge on any atom is -0.474 e. The fourth-order valence-corrected chi connectivity index (χ4v) is 1.61. The van der Waals surface area contributed by atoms with Gasteiger partial charge < -0.3 is 10.1 Å². The molecule has 0 aliphatic carbocycles. The first kappa shape index (κ1) is 14.3. The van der Waals surface area contributed by atoms with Crippen molar-refractivity contribution >= 4 is 0 Å². The van der Waals surface area contributed by atoms with Crippen molar-refractivity contribution in [2.75, 3.05) is 0 Å². The van der Waals surface area contributed by atoms with Crippen LogP contribution >= 0.6 is 0 Å². The van der Waals surface area contributed by atoms with Gasteiger partial charge in [-0.15, -0.1) is 0 Å². The van der Waals surface area contributed by atoms with Crippen LogP contribution in [0.15, 0.2) is 12.5 Å². The molecule has 0 aromatic rings. The van der Waals surface area contributed by atoms with Crippen molar-refractivity contribution in [1.82, 2.24) is 5.32 Å². The van der Waals surface area contributed by atoms with Gasteiger partial charge in [-0.2, -0.15) is 0 Å². The van der Waals surface area contributed by atoms with Crippen molar-refractivity contribution in [2.45, 2.75) is 71.9 Å². The molecule has 0 radical (unpaired) electrons. The molecule has 2 nitrogen and oxygen atoms in total. The first-order valence-electron chi connectivity index (χ1n) is 6.03. The number of hydrogen-bond donors (Lipinski definition) is 1. The molecule has 0 aromatic heterocycles. The van der Waals surface area contributed by atoms with E-state index in [0.29, 0.717) is 11.9 Å². The molecule has 0 fully saturated rings. The van der Waals surface area contributed by atoms with Crippen LogP contribution in [0.2, 0.25) is 0 Å². The number of nitrogens with one attached hydrogen (secondary N) is 1. The molecular formula is C13H27NO. The molecule has 0 aromatic carbocycles. The van der Waals surface area contributed by atoms with Crippen LogP contribution in [0, 0.1) is 0 Å². The monoisotopic (exact) mass is 213 g/mol. The van der Waals surface area contributed by atoms with Gasteiger partial charge in [-0.1, -0.05) is 26.7 Å². The third-order valence-electron chi connectivity index (χ3n) is 2.07. The Kier molecular flexibility index (Phi) is 6.46. The normalized spacial score (nSPS) is 11.6. The van der Waals surface area contributed by atoms with E-state index in [2.05, 4.69) is 25.7 Å². The summed E-state index contributed by atoms with van der Waals surface area (Å²) >= 11 is 0. The molecule has 15 heavy (non-hydrogen) atoms. The topological polar surface area (TPSA) is 21.3 Å². The highest BCUT2D eigenvalue weighted by molar-refractivity contribution is 4.86. The Labute approximate surface area is 95.1 Å². The van der Waals surface area contributed by atoms with Gasteiger partial charge in [0.05, 0.1) is 0 Å². The quantitative estimate of drug-likeness (QED) is 0.649. The highest BCUT2D eigenvalue weighted by Gasteiger charge is 2.14. The average Bonchev–Trinajstić information content (AvgIpc) is 2.00. The Bertz CT molecular complexity index is 175. The highest BCUT2D eigenvalue weighted by Crippen LogP contribution is 2.13. The van der Waals surface area contributed by atoms with Crippen molar-refractivity contribution in [3.63, 3.8) is 0 Å². The molecule has 90 valence electrons. The van der Waals surface area contributed by atoms with Crippen molar-refractivity contribution in [1.29, 1.82) is 0 Å². The highest BCUT2D eigenvalue weighted by atomic mass is 16.5. The molecule has 0 unspecified atom stereocenters. The van der Waals surface area contributed by atoms with E-state index in [1.54, 1.807) is 0 Å². The molecule has 0 rings (SSSR count). The summed E-state index contributed by atoms with van der Waals surface area (Å²) in [6, 6.07) is 0.509. The molecule has 0 spiro atoms. The molecule has 0 aliphatic heterocycles. The van der Waals surface area contributed by atoms with E-state index in [0.717, 1.165) is 0 Å². The first-order chi connectivity index (χ1) is 6.89. The summed E-state index contributed by atoms with van der Waals surface area (Å²) in [5.74, 6) is 0.703. The Hall–Kier alpha value is -0.660. The van der Waals surface area contributed by atoms with E-state index in [1.165, 1.54) is 25.7 Å². The SMILES string of the molecule is C=C(NC(CCC)CCC)OC(C)(C)C. The van der Waals surface area contributed by atoms with Gasteiger partial charge in [0, 0.05) is 6.04 Å². The second kappa shape index (κ2) is 6.76. The van der Waals surface area contributed by atoms with Gasteiger partial charge >= 0.3 is 0 Å². The lowest BCUT2D eigenvalue weighted by molar-refractivity contribution is 0.0377. The minimum absolute atomic E-state index is 0.160. The number of hydrogen-bond acceptors (Lipinski definition) is 2. The Morgan fingerprint density at radius 3 is 2.00 bits per heavy atom. The molecule has 0 saturated heterocycles. The lowest BCUT2D eigenvalue weighted by Crippen LogP contribution is -2.32. The molecule has 0 aliphatic rings. The molecule has 1 N–H and O–H groups in total. The summed E-state index contributed by atoms with van der Waals surface area (Å²) in [6.45, 7) is 14.4. The zero-order valence-corrected chi connectivity index (χ0v) is 11.0. The largest absolute Gasteiger partial charge is 0.474 e. The van der Waals surface area contributed by atoms with E-state index in [9.17, 15) is 0 Å². The van der Waals surface area contributed by atoms with Crippen LogP contribution < -0.4 is 5.32 Å². The maximum Gasteiger partial charge on any atom is 0.180 e. The minimum atomic E-state index is -0.160. The first-order valence-corrected chi connectivity index (χ1v) is 6.03. The molecule has 0 bridgehead atoms. The van der Waals surface area contributed by atoms with E-state index in [-0.39, 0.29) is 5.60 Å². The van der Waals surface area contributed by atoms with Crippen LogP contribution in [0.1, 0.15) is 60.3 Å². The fourth-order valence-electron chi connectivity index (χ4n) is 1.61. The molecular weight excluding hydrogens is 186 g/mol. The van der Waals surface area contributed by atoms with E-state index >= 15 is 0 Å². The van der Waals surface area contributed by atoms with Crippen molar-refractivity contribution < 1.29 is 4.74 Å². The second-order valence-electron chi connectivity index (χ2n) is 5.06. The smallest absolute Gasteiger partial charge is 0.180 e. The summed E-state index contributed by atoms with van der Waals surface area (Å²) < 4.78 is 5.66. The maximum atomic E-state index is 5.66. The Balaban J connectivity index is 3.99. The summed E-state index contributed by atoms with van der Waals surface area (Å²) in [6.07, 6.45) is 4.75. The van der Waals surface area contributed by atoms with Crippen LogP contribution in [0.3, 0.4) is 0 Å². The maximum absolute atomic E-state index is 5.66. The third-order valence-corrected chi connectivity index (χ3v) is 2.07. The average molecular weight is 213 g/mol. The zero-order valence-electron chi connectivity index (χ0n) is 11.0. The van der Waals surface area contributed by atoms with Crippen molar-refractivity contribution in [2.24, 2.45) is 0 Å². The van der Waals surface area contributed by atoms with Crippen LogP contribution in [-0.4, -0.2) is 11.6 Å². The molecule has 0 amide bonds. The standard InChI is InChI=1S/C13H27NO/c1-7-9-12(10-8-2)14-11(3)15-13(4,5)6/h12,14H,3,7-10H2,1-2,4-6H3. The summed E-state index contributed by atoms with van der Waals surface area (Å²) in [7, 11) is 0. The van der Waals surface area contributed by atoms with Crippen LogP contribution in [0.25, 0.3) is 0 Å². The van der Waals surface area contributed by atoms with E-state index < -0.39 is 0 Å². The predicted octanol–water partition coefficient (Wildman–Crippen LogP) is 3.83. The fraction of sp³-hybridized carbons (Fsp3) is 0.846. The zero-order chi connectivity index (χ0) is 11.9. The van der Waals surface area contributed by atoms with Gasteiger partial charge in [0.15, 0.2) is 5.88 Å². The summed E-state index contributed by atoms with van der Waals surface area (Å²) in [5, 5.41) is 3.36.